The molecule has 5 nitrogen and oxygen atoms in total. The van der Waals surface area contributed by atoms with Gasteiger partial charge < -0.3 is 9.74 Å². The van der Waals surface area contributed by atoms with Gasteiger partial charge in [0.2, 0.25) is 6.54 Å². The predicted octanol–water partition coefficient (Wildman–Crippen LogP) is 7.13. The van der Waals surface area contributed by atoms with Crippen molar-refractivity contribution >= 4 is 48.7 Å². The highest BCUT2D eigenvalue weighted by atomic mass is 79.9. The normalized spacial score (nSPS) is 15.0. The molecule has 0 N–H and O–H groups in total. The van der Waals surface area contributed by atoms with Crippen LogP contribution in [0.1, 0.15) is 55.3 Å². The Morgan fingerprint density at radius 2 is 1.72 bits per heavy atom. The van der Waals surface area contributed by atoms with Gasteiger partial charge in [-0.15, -0.1) is 0 Å². The molecule has 1 aliphatic heterocycles. The maximum atomic E-state index is 7.18. The lowest BCUT2D eigenvalue weighted by Crippen LogP contribution is -2.35. The average molecular weight is 559 g/mol. The average Bonchev–Trinajstić information content (AvgIpc) is 2.98. The molecule has 0 unspecified atom stereocenters. The summed E-state index contributed by atoms with van der Waals surface area (Å²) in [7, 11) is 0. The highest BCUT2D eigenvalue weighted by molar-refractivity contribution is 9.11. The molecule has 7 heteroatoms. The van der Waals surface area contributed by atoms with Crippen LogP contribution in [0.15, 0.2) is 21.1 Å². The first-order chi connectivity index (χ1) is 15.2. The lowest BCUT2D eigenvalue weighted by Gasteiger charge is -2.31. The second kappa shape index (κ2) is 9.15. The van der Waals surface area contributed by atoms with Gasteiger partial charge in [0.05, 0.1) is 11.1 Å². The summed E-state index contributed by atoms with van der Waals surface area (Å²) in [5.74, 6) is 2.75. The molecule has 0 atom stereocenters. The third kappa shape index (κ3) is 4.08. The summed E-state index contributed by atoms with van der Waals surface area (Å²) >= 11 is 7.68. The van der Waals surface area contributed by atoms with Crippen molar-refractivity contribution in [1.82, 2.24) is 14.5 Å². The largest absolute Gasteiger partial charge is 0.356 e. The van der Waals surface area contributed by atoms with Gasteiger partial charge in [0.15, 0.2) is 5.65 Å². The monoisotopic (exact) mass is 557 g/mol. The lowest BCUT2D eigenvalue weighted by atomic mass is 9.97. The van der Waals surface area contributed by atoms with E-state index in [0.717, 1.165) is 63.2 Å². The molecule has 32 heavy (non-hydrogen) atoms. The number of benzene rings is 1. The van der Waals surface area contributed by atoms with Gasteiger partial charge in [0, 0.05) is 33.6 Å². The number of piperidine rings is 1. The number of hydrogen-bond donors (Lipinski definition) is 0. The van der Waals surface area contributed by atoms with E-state index in [9.17, 15) is 0 Å². The van der Waals surface area contributed by atoms with Crippen LogP contribution in [0.3, 0.4) is 0 Å². The highest BCUT2D eigenvalue weighted by Crippen LogP contribution is 2.40. The summed E-state index contributed by atoms with van der Waals surface area (Å²) < 4.78 is 4.36. The zero-order valence-corrected chi connectivity index (χ0v) is 22.5. The fraction of sp³-hybridized carbons (Fsp3) is 0.480. The van der Waals surface area contributed by atoms with Crippen molar-refractivity contribution in [2.24, 2.45) is 5.92 Å². The number of nitrogens with zero attached hydrogens (tertiary/aromatic N) is 5. The molecule has 0 spiro atoms. The first-order valence-corrected chi connectivity index (χ1v) is 12.7. The van der Waals surface area contributed by atoms with Gasteiger partial charge in [-0.25, -0.2) is 16.5 Å². The van der Waals surface area contributed by atoms with Gasteiger partial charge in [-0.1, -0.05) is 13.8 Å². The van der Waals surface area contributed by atoms with Crippen LogP contribution < -0.4 is 4.90 Å². The summed E-state index contributed by atoms with van der Waals surface area (Å²) in [5.41, 5.74) is 5.69. The van der Waals surface area contributed by atoms with E-state index in [4.69, 9.17) is 16.5 Å². The summed E-state index contributed by atoms with van der Waals surface area (Å²) in [6.45, 7) is 20.4. The molecule has 168 valence electrons. The third-order valence-electron chi connectivity index (χ3n) is 6.64. The van der Waals surface area contributed by atoms with Crippen molar-refractivity contribution in [3.8, 4) is 5.69 Å². The van der Waals surface area contributed by atoms with E-state index in [1.54, 1.807) is 0 Å². The van der Waals surface area contributed by atoms with Crippen LogP contribution in [-0.2, 0) is 0 Å². The molecule has 0 radical (unpaired) electrons. The molecule has 3 heterocycles. The Hall–Kier alpha value is -1.91. The van der Waals surface area contributed by atoms with E-state index in [1.807, 2.05) is 6.92 Å². The molecule has 4 rings (SSSR count). The van der Waals surface area contributed by atoms with Crippen molar-refractivity contribution in [3.63, 3.8) is 0 Å². The molecule has 3 aromatic rings. The molecule has 0 aliphatic carbocycles. The number of aromatic nitrogens is 3. The highest BCUT2D eigenvalue weighted by Gasteiger charge is 2.27. The second-order valence-corrected chi connectivity index (χ2v) is 10.8. The number of rotatable bonds is 4. The smallest absolute Gasteiger partial charge is 0.217 e. The Labute approximate surface area is 207 Å². The summed E-state index contributed by atoms with van der Waals surface area (Å²) in [4.78, 5) is 15.8. The third-order valence-corrected chi connectivity index (χ3v) is 7.85. The van der Waals surface area contributed by atoms with Crippen molar-refractivity contribution in [2.45, 2.75) is 53.4 Å². The zero-order chi connectivity index (χ0) is 23.2. The van der Waals surface area contributed by atoms with Crippen LogP contribution in [0.5, 0.6) is 0 Å². The van der Waals surface area contributed by atoms with Gasteiger partial charge >= 0.3 is 0 Å². The SMILES string of the molecule is [C-]#[N+]CC1CCN(c2nc(C)nc3c2c(C)c(C)n3-c2c(Br)cc(C(C)C)cc2Br)CC1. The van der Waals surface area contributed by atoms with Crippen LogP contribution in [0.25, 0.3) is 21.6 Å². The fourth-order valence-electron chi connectivity index (χ4n) is 4.64. The Morgan fingerprint density at radius 3 is 2.28 bits per heavy atom. The molecule has 1 aliphatic rings. The minimum Gasteiger partial charge on any atom is -0.356 e. The molecule has 1 aromatic carbocycles. The molecule has 2 aromatic heterocycles. The molecule has 1 fully saturated rings. The van der Waals surface area contributed by atoms with Crippen molar-refractivity contribution in [3.05, 3.63) is 55.1 Å². The van der Waals surface area contributed by atoms with E-state index in [-0.39, 0.29) is 0 Å². The van der Waals surface area contributed by atoms with Crippen LogP contribution in [0, 0.1) is 33.3 Å². The van der Waals surface area contributed by atoms with Crippen molar-refractivity contribution in [2.75, 3.05) is 24.5 Å². The zero-order valence-electron chi connectivity index (χ0n) is 19.3. The van der Waals surface area contributed by atoms with E-state index in [1.165, 1.54) is 16.8 Å². The quantitative estimate of drug-likeness (QED) is 0.320. The Balaban J connectivity index is 1.88. The van der Waals surface area contributed by atoms with Crippen LogP contribution in [0.2, 0.25) is 0 Å². The number of aryl methyl sites for hydroxylation is 2. The van der Waals surface area contributed by atoms with E-state index >= 15 is 0 Å². The minimum atomic E-state index is 0.447. The topological polar surface area (TPSA) is 38.3 Å². The van der Waals surface area contributed by atoms with Crippen LogP contribution >= 0.6 is 31.9 Å². The molecule has 0 saturated carbocycles. The summed E-state index contributed by atoms with van der Waals surface area (Å²) in [6, 6.07) is 4.42. The van der Waals surface area contributed by atoms with Crippen LogP contribution in [0.4, 0.5) is 5.82 Å². The van der Waals surface area contributed by atoms with Crippen LogP contribution in [-0.4, -0.2) is 34.2 Å². The predicted molar refractivity (Wildman–Crippen MR) is 139 cm³/mol. The first kappa shape index (κ1) is 23.3. The summed E-state index contributed by atoms with van der Waals surface area (Å²) in [6.07, 6.45) is 2.08. The van der Waals surface area contributed by atoms with Gasteiger partial charge in [0.1, 0.15) is 11.6 Å². The number of hydrogen-bond acceptors (Lipinski definition) is 3. The maximum absolute atomic E-state index is 7.18. The van der Waals surface area contributed by atoms with E-state index in [2.05, 4.69) is 86.0 Å². The first-order valence-electron chi connectivity index (χ1n) is 11.2. The van der Waals surface area contributed by atoms with Gasteiger partial charge in [-0.3, -0.25) is 4.57 Å². The standard InChI is InChI=1S/C25H29Br2N5/c1-14(2)19-11-20(26)23(21(27)12-19)32-16(4)15(3)22-24(29-17(5)30-25(22)32)31-9-7-18(8-10-31)13-28-6/h11-12,14,18H,7-10,13H2,1-5H3. The summed E-state index contributed by atoms with van der Waals surface area (Å²) in [5, 5.41) is 1.13. The molecule has 0 bridgehead atoms. The Kier molecular flexibility index (Phi) is 6.65. The van der Waals surface area contributed by atoms with Gasteiger partial charge in [-0.2, -0.15) is 0 Å². The van der Waals surface area contributed by atoms with Gasteiger partial charge in [0.25, 0.3) is 0 Å². The number of fused-ring (bicyclic) bond motifs is 1. The molecular formula is C25H29Br2N5. The Morgan fingerprint density at radius 1 is 1.09 bits per heavy atom. The number of anilines is 1. The number of halogens is 2. The van der Waals surface area contributed by atoms with E-state index in [0.29, 0.717) is 18.4 Å². The molecular weight excluding hydrogens is 530 g/mol. The van der Waals surface area contributed by atoms with Gasteiger partial charge in [-0.05, 0) is 94.7 Å². The maximum Gasteiger partial charge on any atom is 0.217 e. The Bertz CT molecular complexity index is 1190. The second-order valence-electron chi connectivity index (χ2n) is 9.10. The van der Waals surface area contributed by atoms with Crippen molar-refractivity contribution < 1.29 is 0 Å². The van der Waals surface area contributed by atoms with Crippen molar-refractivity contribution in [1.29, 1.82) is 0 Å². The fourth-order valence-corrected chi connectivity index (χ4v) is 6.22. The van der Waals surface area contributed by atoms with E-state index < -0.39 is 0 Å². The lowest BCUT2D eigenvalue weighted by molar-refractivity contribution is 0.429. The molecule has 1 saturated heterocycles. The molecule has 0 amide bonds. The minimum absolute atomic E-state index is 0.447.